The minimum Gasteiger partial charge on any atom is -0.399 e. The molecule has 0 aliphatic carbocycles. The Morgan fingerprint density at radius 1 is 0.686 bits per heavy atom. The van der Waals surface area contributed by atoms with Gasteiger partial charge >= 0.3 is 0 Å². The van der Waals surface area contributed by atoms with Gasteiger partial charge in [-0.25, -0.2) is 5.06 Å². The molecule has 178 valence electrons. The minimum atomic E-state index is 0.599. The maximum absolute atomic E-state index is 6.03. The Kier molecular flexibility index (Phi) is 8.63. The highest BCUT2D eigenvalue weighted by molar-refractivity contribution is 7.90. The highest BCUT2D eigenvalue weighted by Crippen LogP contribution is 2.27. The molecule has 0 aromatic heterocycles. The van der Waals surface area contributed by atoms with Crippen molar-refractivity contribution in [2.75, 3.05) is 19.2 Å². The molecule has 35 heavy (non-hydrogen) atoms. The van der Waals surface area contributed by atoms with E-state index in [1.165, 1.54) is 21.7 Å². The third kappa shape index (κ3) is 6.76. The molecule has 0 heterocycles. The summed E-state index contributed by atoms with van der Waals surface area (Å²) in [7, 11) is 3.75. The standard InChI is InChI=1S/C28H23NO2S.C2H7N/c1-21-10-15-27(16-11-21)29(20-22-12-13-23-6-2-4-8-25(23)18-22)31-32-30-28-17-14-24-7-3-5-9-26(24)19-28;1-3-2/h2-19H,20H2,1H3;3H,1-2H3. The number of hydroxylamine groups is 1. The van der Waals surface area contributed by atoms with E-state index in [0.29, 0.717) is 6.54 Å². The van der Waals surface area contributed by atoms with Crippen LogP contribution in [-0.4, -0.2) is 14.1 Å². The molecule has 0 spiro atoms. The molecule has 5 rings (SSSR count). The van der Waals surface area contributed by atoms with Crippen molar-refractivity contribution in [3.63, 3.8) is 0 Å². The summed E-state index contributed by atoms with van der Waals surface area (Å²) in [6.45, 7) is 2.68. The Hall–Kier alpha value is -3.51. The van der Waals surface area contributed by atoms with Crippen molar-refractivity contribution >= 4 is 39.6 Å². The van der Waals surface area contributed by atoms with Crippen LogP contribution < -0.4 is 14.6 Å². The topological polar surface area (TPSA) is 33.7 Å². The van der Waals surface area contributed by atoms with Crippen molar-refractivity contribution in [2.45, 2.75) is 13.5 Å². The van der Waals surface area contributed by atoms with Crippen LogP contribution in [-0.2, 0) is 10.8 Å². The van der Waals surface area contributed by atoms with Gasteiger partial charge in [-0.15, -0.1) is 0 Å². The van der Waals surface area contributed by atoms with Gasteiger partial charge in [-0.05, 0) is 78.5 Å². The molecule has 5 aromatic rings. The Labute approximate surface area is 211 Å². The van der Waals surface area contributed by atoms with Crippen molar-refractivity contribution in [3.8, 4) is 5.75 Å². The predicted molar refractivity (Wildman–Crippen MR) is 150 cm³/mol. The molecular formula is C30H30N2O2S. The highest BCUT2D eigenvalue weighted by Gasteiger charge is 2.11. The molecule has 5 aromatic carbocycles. The van der Waals surface area contributed by atoms with Crippen LogP contribution in [0.4, 0.5) is 5.69 Å². The number of aryl methyl sites for hydroxylation is 1. The smallest absolute Gasteiger partial charge is 0.250 e. The van der Waals surface area contributed by atoms with Crippen molar-refractivity contribution in [2.24, 2.45) is 0 Å². The lowest BCUT2D eigenvalue weighted by atomic mass is 10.1. The summed E-state index contributed by atoms with van der Waals surface area (Å²) in [5.74, 6) is 0.753. The van der Waals surface area contributed by atoms with E-state index in [2.05, 4.69) is 97.2 Å². The fourth-order valence-electron chi connectivity index (χ4n) is 3.69. The zero-order valence-corrected chi connectivity index (χ0v) is 21.1. The summed E-state index contributed by atoms with van der Waals surface area (Å²) < 4.78 is 11.9. The first-order valence-corrected chi connectivity index (χ1v) is 12.2. The largest absolute Gasteiger partial charge is 0.399 e. The molecule has 0 saturated carbocycles. The van der Waals surface area contributed by atoms with E-state index in [9.17, 15) is 0 Å². The molecule has 0 amide bonds. The van der Waals surface area contributed by atoms with Crippen molar-refractivity contribution in [1.29, 1.82) is 0 Å². The van der Waals surface area contributed by atoms with E-state index in [1.54, 1.807) is 0 Å². The van der Waals surface area contributed by atoms with E-state index in [-0.39, 0.29) is 0 Å². The first-order valence-electron chi connectivity index (χ1n) is 11.6. The highest BCUT2D eigenvalue weighted by atomic mass is 32.2. The van der Waals surface area contributed by atoms with E-state index in [1.807, 2.05) is 43.4 Å². The van der Waals surface area contributed by atoms with Gasteiger partial charge in [-0.1, -0.05) is 84.4 Å². The lowest BCUT2D eigenvalue weighted by Gasteiger charge is -2.22. The molecule has 0 fully saturated rings. The molecule has 0 radical (unpaired) electrons. The fraction of sp³-hybridized carbons (Fsp3) is 0.133. The monoisotopic (exact) mass is 482 g/mol. The van der Waals surface area contributed by atoms with E-state index in [0.717, 1.165) is 34.7 Å². The molecule has 0 aliphatic rings. The van der Waals surface area contributed by atoms with Gasteiger partial charge in [0.25, 0.3) is 12.3 Å². The molecule has 0 unspecified atom stereocenters. The van der Waals surface area contributed by atoms with Gasteiger partial charge in [0.2, 0.25) is 0 Å². The second-order valence-corrected chi connectivity index (χ2v) is 8.74. The number of fused-ring (bicyclic) bond motifs is 2. The Bertz CT molecular complexity index is 1370. The van der Waals surface area contributed by atoms with E-state index >= 15 is 0 Å². The first kappa shape index (κ1) is 24.6. The first-order chi connectivity index (χ1) is 17.2. The number of hydrogen-bond donors (Lipinski definition) is 1. The second-order valence-electron chi connectivity index (χ2n) is 8.29. The zero-order chi connectivity index (χ0) is 24.5. The summed E-state index contributed by atoms with van der Waals surface area (Å²) in [6.07, 6.45) is 0. The zero-order valence-electron chi connectivity index (χ0n) is 20.3. The quantitative estimate of drug-likeness (QED) is 0.190. The van der Waals surface area contributed by atoms with Crippen LogP contribution in [0.25, 0.3) is 21.5 Å². The number of rotatable bonds is 7. The van der Waals surface area contributed by atoms with Crippen molar-refractivity contribution in [3.05, 3.63) is 120 Å². The summed E-state index contributed by atoms with van der Waals surface area (Å²) in [4.78, 5) is 0. The summed E-state index contributed by atoms with van der Waals surface area (Å²) in [5.41, 5.74) is 3.34. The van der Waals surface area contributed by atoms with Gasteiger partial charge in [-0.3, -0.25) is 0 Å². The number of nitrogens with one attached hydrogen (secondary N) is 1. The van der Waals surface area contributed by atoms with Crippen molar-refractivity contribution in [1.82, 2.24) is 5.32 Å². The second kappa shape index (κ2) is 12.3. The van der Waals surface area contributed by atoms with E-state index < -0.39 is 0 Å². The van der Waals surface area contributed by atoms with Crippen LogP contribution in [0.1, 0.15) is 11.1 Å². The molecular weight excluding hydrogens is 452 g/mol. The Morgan fingerprint density at radius 3 is 1.91 bits per heavy atom. The lowest BCUT2D eigenvalue weighted by molar-refractivity contribution is 0.303. The molecule has 0 saturated heterocycles. The molecule has 5 heteroatoms. The van der Waals surface area contributed by atoms with Gasteiger partial charge in [-0.2, -0.15) is 4.28 Å². The van der Waals surface area contributed by atoms with Crippen LogP contribution >= 0.6 is 12.3 Å². The van der Waals surface area contributed by atoms with E-state index in [4.69, 9.17) is 8.47 Å². The molecule has 0 aliphatic heterocycles. The Balaban J connectivity index is 0.000000917. The molecule has 1 N–H and O–H groups in total. The third-order valence-corrected chi connectivity index (χ3v) is 5.93. The van der Waals surface area contributed by atoms with Crippen LogP contribution in [0.3, 0.4) is 0 Å². The van der Waals surface area contributed by atoms with Crippen molar-refractivity contribution < 1.29 is 8.47 Å². The van der Waals surface area contributed by atoms with Crippen LogP contribution in [0.15, 0.2) is 109 Å². The maximum atomic E-state index is 6.03. The normalized spacial score (nSPS) is 10.6. The van der Waals surface area contributed by atoms with Crippen LogP contribution in [0.5, 0.6) is 5.75 Å². The number of hydrogen-bond acceptors (Lipinski definition) is 5. The van der Waals surface area contributed by atoms with Gasteiger partial charge in [0.1, 0.15) is 5.75 Å². The van der Waals surface area contributed by atoms with Gasteiger partial charge in [0, 0.05) is 0 Å². The summed E-state index contributed by atoms with van der Waals surface area (Å²) in [6, 6.07) is 37.4. The fourth-order valence-corrected chi connectivity index (χ4v) is 4.11. The third-order valence-electron chi connectivity index (χ3n) is 5.43. The van der Waals surface area contributed by atoms with Gasteiger partial charge in [0.15, 0.2) is 0 Å². The average Bonchev–Trinajstić information content (AvgIpc) is 2.89. The predicted octanol–water partition coefficient (Wildman–Crippen LogP) is 7.72. The molecule has 0 atom stereocenters. The number of benzene rings is 5. The number of anilines is 1. The lowest BCUT2D eigenvalue weighted by Crippen LogP contribution is -2.20. The van der Waals surface area contributed by atoms with Gasteiger partial charge in [0.05, 0.1) is 12.2 Å². The average molecular weight is 483 g/mol. The molecule has 4 nitrogen and oxygen atoms in total. The summed E-state index contributed by atoms with van der Waals surface area (Å²) >= 11 is 0.971. The summed E-state index contributed by atoms with van der Waals surface area (Å²) in [5, 5.41) is 9.37. The SMILES string of the molecule is CNC.Cc1ccc(N(Cc2ccc3ccccc3c2)OSOc2ccc3ccccc3c2)cc1. The van der Waals surface area contributed by atoms with Crippen LogP contribution in [0.2, 0.25) is 0 Å². The minimum absolute atomic E-state index is 0.599. The van der Waals surface area contributed by atoms with Crippen LogP contribution in [0, 0.1) is 6.92 Å². The molecule has 0 bridgehead atoms. The van der Waals surface area contributed by atoms with Gasteiger partial charge < -0.3 is 9.50 Å². The number of nitrogens with zero attached hydrogens (tertiary/aromatic N) is 1. The Morgan fingerprint density at radius 2 is 1.26 bits per heavy atom. The maximum Gasteiger partial charge on any atom is 0.250 e.